The summed E-state index contributed by atoms with van der Waals surface area (Å²) in [6.45, 7) is 10.5. The monoisotopic (exact) mass is 417 g/mol. The molecule has 0 saturated carbocycles. The van der Waals surface area contributed by atoms with Crippen LogP contribution in [0.2, 0.25) is 0 Å². The second-order valence-corrected chi connectivity index (χ2v) is 7.64. The summed E-state index contributed by atoms with van der Waals surface area (Å²) in [5.74, 6) is 0.962. The molecule has 0 aliphatic rings. The Morgan fingerprint density at radius 2 is 1.77 bits per heavy atom. The second kappa shape index (κ2) is 9.22. The SMILES string of the molecule is CCc1cccc(CC)c1NC(=O)COc1cc(C)c(Br)cc1C(C)C. The fraction of sp³-hybridized carbons (Fsp3) is 0.409. The predicted molar refractivity (Wildman–Crippen MR) is 112 cm³/mol. The van der Waals surface area contributed by atoms with Gasteiger partial charge in [-0.15, -0.1) is 0 Å². The molecule has 26 heavy (non-hydrogen) atoms. The standard InChI is InChI=1S/C22H28BrNO2/c1-6-16-9-8-10-17(7-2)22(16)24-21(25)13-26-20-11-15(5)19(23)12-18(20)14(3)4/h8-12,14H,6-7,13H2,1-5H3,(H,24,25). The maximum absolute atomic E-state index is 12.5. The molecule has 2 rings (SSSR count). The Labute approximate surface area is 165 Å². The molecule has 2 aromatic rings. The third-order valence-corrected chi connectivity index (χ3v) is 5.39. The van der Waals surface area contributed by atoms with Gasteiger partial charge in [-0.3, -0.25) is 4.79 Å². The molecule has 0 aromatic heterocycles. The highest BCUT2D eigenvalue weighted by molar-refractivity contribution is 9.10. The topological polar surface area (TPSA) is 38.3 Å². The number of para-hydroxylation sites is 1. The van der Waals surface area contributed by atoms with E-state index in [0.717, 1.165) is 51.0 Å². The van der Waals surface area contributed by atoms with Gasteiger partial charge in [0.15, 0.2) is 6.61 Å². The van der Waals surface area contributed by atoms with Crippen molar-refractivity contribution in [2.24, 2.45) is 0 Å². The molecule has 140 valence electrons. The number of carbonyl (C=O) groups excluding carboxylic acids is 1. The number of hydrogen-bond donors (Lipinski definition) is 1. The van der Waals surface area contributed by atoms with Crippen LogP contribution in [0.25, 0.3) is 0 Å². The largest absolute Gasteiger partial charge is 0.483 e. The molecular weight excluding hydrogens is 390 g/mol. The number of nitrogens with one attached hydrogen (secondary N) is 1. The summed E-state index contributed by atoms with van der Waals surface area (Å²) in [5.41, 5.74) is 5.43. The number of benzene rings is 2. The van der Waals surface area contributed by atoms with Crippen LogP contribution in [0.4, 0.5) is 5.69 Å². The van der Waals surface area contributed by atoms with Gasteiger partial charge >= 0.3 is 0 Å². The van der Waals surface area contributed by atoms with Crippen molar-refractivity contribution in [1.29, 1.82) is 0 Å². The first-order valence-corrected chi connectivity index (χ1v) is 10.00. The molecule has 2 aromatic carbocycles. The average Bonchev–Trinajstić information content (AvgIpc) is 2.62. The van der Waals surface area contributed by atoms with Crippen molar-refractivity contribution in [1.82, 2.24) is 0 Å². The molecule has 3 nitrogen and oxygen atoms in total. The van der Waals surface area contributed by atoms with Crippen molar-refractivity contribution in [3.8, 4) is 5.75 Å². The number of halogens is 1. The molecule has 0 atom stereocenters. The van der Waals surface area contributed by atoms with Crippen LogP contribution < -0.4 is 10.1 Å². The highest BCUT2D eigenvalue weighted by Crippen LogP contribution is 2.32. The van der Waals surface area contributed by atoms with Crippen LogP contribution in [0.15, 0.2) is 34.8 Å². The molecule has 0 fully saturated rings. The van der Waals surface area contributed by atoms with E-state index in [4.69, 9.17) is 4.74 Å². The highest BCUT2D eigenvalue weighted by atomic mass is 79.9. The van der Waals surface area contributed by atoms with Gasteiger partial charge in [0, 0.05) is 10.2 Å². The van der Waals surface area contributed by atoms with Gasteiger partial charge < -0.3 is 10.1 Å². The molecule has 4 heteroatoms. The van der Waals surface area contributed by atoms with Gasteiger partial charge in [-0.1, -0.05) is 61.8 Å². The van der Waals surface area contributed by atoms with Crippen molar-refractivity contribution in [3.63, 3.8) is 0 Å². The van der Waals surface area contributed by atoms with Crippen LogP contribution >= 0.6 is 15.9 Å². The average molecular weight is 418 g/mol. The quantitative estimate of drug-likeness (QED) is 0.597. The lowest BCUT2D eigenvalue weighted by atomic mass is 10.0. The van der Waals surface area contributed by atoms with Crippen LogP contribution in [-0.2, 0) is 17.6 Å². The zero-order valence-corrected chi connectivity index (χ0v) is 17.9. The number of hydrogen-bond acceptors (Lipinski definition) is 2. The lowest BCUT2D eigenvalue weighted by Gasteiger charge is -2.17. The fourth-order valence-corrected chi connectivity index (χ4v) is 3.33. The summed E-state index contributed by atoms with van der Waals surface area (Å²) in [5, 5.41) is 3.05. The van der Waals surface area contributed by atoms with Crippen LogP contribution in [0.5, 0.6) is 5.75 Å². The Hall–Kier alpha value is -1.81. The fourth-order valence-electron chi connectivity index (χ4n) is 2.97. The number of rotatable bonds is 7. The van der Waals surface area contributed by atoms with E-state index < -0.39 is 0 Å². The summed E-state index contributed by atoms with van der Waals surface area (Å²) < 4.78 is 6.94. The smallest absolute Gasteiger partial charge is 0.262 e. The van der Waals surface area contributed by atoms with Gasteiger partial charge in [0.05, 0.1) is 0 Å². The molecule has 0 heterocycles. The minimum atomic E-state index is -0.129. The number of anilines is 1. The second-order valence-electron chi connectivity index (χ2n) is 6.79. The molecule has 0 radical (unpaired) electrons. The first-order chi connectivity index (χ1) is 12.4. The minimum absolute atomic E-state index is 0.00198. The van der Waals surface area contributed by atoms with Crippen LogP contribution in [0.1, 0.15) is 55.9 Å². The molecule has 0 aliphatic heterocycles. The number of ether oxygens (including phenoxy) is 1. The zero-order chi connectivity index (χ0) is 19.3. The molecule has 1 amide bonds. The molecule has 1 N–H and O–H groups in total. The van der Waals surface area contributed by atoms with Crippen LogP contribution in [0, 0.1) is 6.92 Å². The van der Waals surface area contributed by atoms with Gasteiger partial charge in [0.25, 0.3) is 5.91 Å². The minimum Gasteiger partial charge on any atom is -0.483 e. The molecule has 0 unspecified atom stereocenters. The van der Waals surface area contributed by atoms with Crippen molar-refractivity contribution < 1.29 is 9.53 Å². The van der Waals surface area contributed by atoms with Gasteiger partial charge in [0.1, 0.15) is 5.75 Å². The normalized spacial score (nSPS) is 10.9. The van der Waals surface area contributed by atoms with Crippen molar-refractivity contribution >= 4 is 27.5 Å². The van der Waals surface area contributed by atoms with E-state index in [0.29, 0.717) is 5.92 Å². The first-order valence-electron chi connectivity index (χ1n) is 9.20. The number of amides is 1. The number of aryl methyl sites for hydroxylation is 3. The Balaban J connectivity index is 2.15. The van der Waals surface area contributed by atoms with Crippen molar-refractivity contribution in [2.45, 2.75) is 53.4 Å². The lowest BCUT2D eigenvalue weighted by Crippen LogP contribution is -2.22. The lowest BCUT2D eigenvalue weighted by molar-refractivity contribution is -0.118. The van der Waals surface area contributed by atoms with E-state index in [1.54, 1.807) is 0 Å². The third kappa shape index (κ3) is 4.88. The molecular formula is C22H28BrNO2. The Morgan fingerprint density at radius 1 is 1.15 bits per heavy atom. The predicted octanol–water partition coefficient (Wildman–Crippen LogP) is 6.02. The Morgan fingerprint density at radius 3 is 2.31 bits per heavy atom. The van der Waals surface area contributed by atoms with Crippen molar-refractivity contribution in [2.75, 3.05) is 11.9 Å². The Bertz CT molecular complexity index is 762. The molecule has 0 saturated heterocycles. The van der Waals surface area contributed by atoms with Gasteiger partial charge in [-0.05, 0) is 60.1 Å². The van der Waals surface area contributed by atoms with Gasteiger partial charge in [-0.2, -0.15) is 0 Å². The van der Waals surface area contributed by atoms with E-state index in [1.807, 2.05) is 19.1 Å². The van der Waals surface area contributed by atoms with E-state index in [2.05, 4.69) is 67.1 Å². The maximum Gasteiger partial charge on any atom is 0.262 e. The summed E-state index contributed by atoms with van der Waals surface area (Å²) in [4.78, 5) is 12.5. The highest BCUT2D eigenvalue weighted by Gasteiger charge is 2.14. The van der Waals surface area contributed by atoms with Gasteiger partial charge in [-0.25, -0.2) is 0 Å². The van der Waals surface area contributed by atoms with E-state index in [9.17, 15) is 4.79 Å². The molecule has 0 bridgehead atoms. The molecule has 0 aliphatic carbocycles. The van der Waals surface area contributed by atoms with Crippen LogP contribution in [0.3, 0.4) is 0 Å². The summed E-state index contributed by atoms with van der Waals surface area (Å²) in [7, 11) is 0. The van der Waals surface area contributed by atoms with Gasteiger partial charge in [0.2, 0.25) is 0 Å². The first kappa shape index (κ1) is 20.5. The Kier molecular flexibility index (Phi) is 7.27. The van der Waals surface area contributed by atoms with E-state index in [1.165, 1.54) is 0 Å². The number of carbonyl (C=O) groups is 1. The van der Waals surface area contributed by atoms with E-state index in [-0.39, 0.29) is 12.5 Å². The maximum atomic E-state index is 12.5. The summed E-state index contributed by atoms with van der Waals surface area (Å²) in [6.07, 6.45) is 1.77. The van der Waals surface area contributed by atoms with E-state index >= 15 is 0 Å². The third-order valence-electron chi connectivity index (χ3n) is 4.54. The summed E-state index contributed by atoms with van der Waals surface area (Å²) >= 11 is 3.57. The van der Waals surface area contributed by atoms with Crippen LogP contribution in [-0.4, -0.2) is 12.5 Å². The van der Waals surface area contributed by atoms with Crippen molar-refractivity contribution in [3.05, 3.63) is 57.1 Å². The molecule has 0 spiro atoms. The summed E-state index contributed by atoms with van der Waals surface area (Å²) in [6, 6.07) is 10.2. The zero-order valence-electron chi connectivity index (χ0n) is 16.3.